The summed E-state index contributed by atoms with van der Waals surface area (Å²) < 4.78 is 19.8. The van der Waals surface area contributed by atoms with Gasteiger partial charge < -0.3 is 9.84 Å². The molecule has 0 aliphatic heterocycles. The molecule has 1 aromatic carbocycles. The van der Waals surface area contributed by atoms with Gasteiger partial charge in [-0.05, 0) is 35.9 Å². The molecule has 3 aromatic heterocycles. The van der Waals surface area contributed by atoms with Gasteiger partial charge in [-0.25, -0.2) is 9.18 Å². The van der Waals surface area contributed by atoms with Gasteiger partial charge in [-0.2, -0.15) is 14.8 Å². The molecular formula is C19H14FN7O4. The van der Waals surface area contributed by atoms with Crippen molar-refractivity contribution in [1.82, 2.24) is 34.8 Å². The van der Waals surface area contributed by atoms with Crippen LogP contribution in [0, 0.1) is 5.82 Å². The van der Waals surface area contributed by atoms with Gasteiger partial charge in [0.2, 0.25) is 5.82 Å². The van der Waals surface area contributed by atoms with Gasteiger partial charge in [0.1, 0.15) is 5.82 Å². The Labute approximate surface area is 172 Å². The van der Waals surface area contributed by atoms with Gasteiger partial charge in [0, 0.05) is 26.0 Å². The molecule has 1 amide bonds. The quantitative estimate of drug-likeness (QED) is 0.488. The van der Waals surface area contributed by atoms with Gasteiger partial charge in [0.05, 0.1) is 5.69 Å². The van der Waals surface area contributed by atoms with Crippen molar-refractivity contribution < 1.29 is 13.7 Å². The molecule has 3 heterocycles. The van der Waals surface area contributed by atoms with Gasteiger partial charge in [-0.3, -0.25) is 19.1 Å². The standard InChI is InChI=1S/C19H14FN7O4/c1-26-18(29)14(24-27(19(26)30)13-6-4-12(20)5-7-13)15-23-17(31-25-15)16(28)22-10-11-3-2-8-21-9-11/h2-9H,10H2,1H3,(H,22,28). The van der Waals surface area contributed by atoms with Gasteiger partial charge in [0.15, 0.2) is 5.69 Å². The Morgan fingerprint density at radius 3 is 2.68 bits per heavy atom. The zero-order valence-corrected chi connectivity index (χ0v) is 16.0. The summed E-state index contributed by atoms with van der Waals surface area (Å²) in [6.07, 6.45) is 3.19. The summed E-state index contributed by atoms with van der Waals surface area (Å²) in [5.41, 5.74) is -0.870. The van der Waals surface area contributed by atoms with Gasteiger partial charge >= 0.3 is 17.5 Å². The molecule has 0 unspecified atom stereocenters. The maximum Gasteiger partial charge on any atom is 0.351 e. The van der Waals surface area contributed by atoms with E-state index in [0.717, 1.165) is 26.9 Å². The SMILES string of the molecule is Cn1c(=O)c(-c2noc(C(=O)NCc3cccnc3)n2)nn(-c2ccc(F)cc2)c1=O. The lowest BCUT2D eigenvalue weighted by Gasteiger charge is -2.07. The lowest BCUT2D eigenvalue weighted by molar-refractivity contribution is 0.0907. The van der Waals surface area contributed by atoms with Crippen LogP contribution in [0.4, 0.5) is 4.39 Å². The number of carbonyl (C=O) groups is 1. The Hall–Kier alpha value is -4.48. The van der Waals surface area contributed by atoms with E-state index in [9.17, 15) is 18.8 Å². The molecule has 0 fully saturated rings. The molecule has 0 bridgehead atoms. The fourth-order valence-electron chi connectivity index (χ4n) is 2.64. The summed E-state index contributed by atoms with van der Waals surface area (Å²) in [4.78, 5) is 45.1. The molecule has 0 radical (unpaired) electrons. The molecule has 12 heteroatoms. The highest BCUT2D eigenvalue weighted by molar-refractivity contribution is 5.89. The number of hydrogen-bond donors (Lipinski definition) is 1. The predicted octanol–water partition coefficient (Wildman–Crippen LogP) is 0.445. The molecule has 0 aliphatic rings. The average Bonchev–Trinajstić information content (AvgIpc) is 3.28. The first-order valence-corrected chi connectivity index (χ1v) is 8.91. The highest BCUT2D eigenvalue weighted by Crippen LogP contribution is 2.10. The monoisotopic (exact) mass is 423 g/mol. The lowest BCUT2D eigenvalue weighted by atomic mass is 10.3. The zero-order chi connectivity index (χ0) is 22.0. The third-order valence-electron chi connectivity index (χ3n) is 4.25. The molecule has 31 heavy (non-hydrogen) atoms. The van der Waals surface area contributed by atoms with Crippen molar-refractivity contribution in [3.05, 3.63) is 86.9 Å². The minimum absolute atomic E-state index is 0.180. The number of carbonyl (C=O) groups excluding carboxylic acids is 1. The van der Waals surface area contributed by atoms with E-state index in [1.54, 1.807) is 24.5 Å². The van der Waals surface area contributed by atoms with Crippen molar-refractivity contribution >= 4 is 5.91 Å². The Bertz CT molecular complexity index is 1360. The second kappa shape index (κ2) is 8.10. The van der Waals surface area contributed by atoms with Crippen LogP contribution in [0.25, 0.3) is 17.2 Å². The van der Waals surface area contributed by atoms with Crippen molar-refractivity contribution in [2.75, 3.05) is 0 Å². The molecule has 4 rings (SSSR count). The van der Waals surface area contributed by atoms with E-state index in [0.29, 0.717) is 0 Å². The molecule has 0 spiro atoms. The first kappa shape index (κ1) is 19.8. The average molecular weight is 423 g/mol. The minimum Gasteiger partial charge on any atom is -0.344 e. The number of nitrogens with one attached hydrogen (secondary N) is 1. The number of pyridine rings is 1. The Morgan fingerprint density at radius 2 is 1.97 bits per heavy atom. The van der Waals surface area contributed by atoms with Crippen LogP contribution in [0.1, 0.15) is 16.2 Å². The highest BCUT2D eigenvalue weighted by atomic mass is 19.1. The maximum absolute atomic E-state index is 13.2. The van der Waals surface area contributed by atoms with E-state index in [1.807, 2.05) is 0 Å². The van der Waals surface area contributed by atoms with Crippen molar-refractivity contribution in [2.24, 2.45) is 7.05 Å². The van der Waals surface area contributed by atoms with Crippen LogP contribution in [0.2, 0.25) is 0 Å². The van der Waals surface area contributed by atoms with E-state index in [-0.39, 0.29) is 29.6 Å². The van der Waals surface area contributed by atoms with Crippen molar-refractivity contribution in [2.45, 2.75) is 6.54 Å². The number of nitrogens with zero attached hydrogens (tertiary/aromatic N) is 6. The van der Waals surface area contributed by atoms with Crippen molar-refractivity contribution in [3.63, 3.8) is 0 Å². The Morgan fingerprint density at radius 1 is 1.19 bits per heavy atom. The van der Waals surface area contributed by atoms with Crippen LogP contribution in [0.3, 0.4) is 0 Å². The van der Waals surface area contributed by atoms with Crippen LogP contribution < -0.4 is 16.6 Å². The third kappa shape index (κ3) is 3.99. The van der Waals surface area contributed by atoms with Crippen molar-refractivity contribution in [1.29, 1.82) is 0 Å². The lowest BCUT2D eigenvalue weighted by Crippen LogP contribution is -2.40. The van der Waals surface area contributed by atoms with E-state index in [1.165, 1.54) is 19.2 Å². The van der Waals surface area contributed by atoms with Gasteiger partial charge in [-0.15, -0.1) is 0 Å². The molecule has 0 aliphatic carbocycles. The highest BCUT2D eigenvalue weighted by Gasteiger charge is 2.21. The predicted molar refractivity (Wildman–Crippen MR) is 104 cm³/mol. The summed E-state index contributed by atoms with van der Waals surface area (Å²) in [6.45, 7) is 0.180. The molecule has 0 saturated carbocycles. The normalized spacial score (nSPS) is 10.8. The zero-order valence-electron chi connectivity index (χ0n) is 16.0. The third-order valence-corrected chi connectivity index (χ3v) is 4.25. The number of halogens is 1. The summed E-state index contributed by atoms with van der Waals surface area (Å²) in [5, 5.41) is 10.2. The fraction of sp³-hybridized carbons (Fsp3) is 0.105. The van der Waals surface area contributed by atoms with Gasteiger partial charge in [0.25, 0.3) is 5.56 Å². The number of amides is 1. The number of rotatable bonds is 5. The molecule has 0 atom stereocenters. The summed E-state index contributed by atoms with van der Waals surface area (Å²) >= 11 is 0. The minimum atomic E-state index is -0.786. The molecule has 1 N–H and O–H groups in total. The van der Waals surface area contributed by atoms with Crippen LogP contribution in [-0.4, -0.2) is 35.4 Å². The topological polar surface area (TPSA) is 138 Å². The largest absolute Gasteiger partial charge is 0.351 e. The molecule has 11 nitrogen and oxygen atoms in total. The smallest absolute Gasteiger partial charge is 0.344 e. The van der Waals surface area contributed by atoms with Crippen LogP contribution in [0.15, 0.2) is 62.9 Å². The summed E-state index contributed by atoms with van der Waals surface area (Å²) in [7, 11) is 1.25. The van der Waals surface area contributed by atoms with E-state index in [4.69, 9.17) is 4.52 Å². The second-order valence-corrected chi connectivity index (χ2v) is 6.35. The maximum atomic E-state index is 13.2. The molecular weight excluding hydrogens is 409 g/mol. The van der Waals surface area contributed by atoms with Crippen LogP contribution in [-0.2, 0) is 13.6 Å². The van der Waals surface area contributed by atoms with E-state index >= 15 is 0 Å². The molecule has 4 aromatic rings. The molecule has 156 valence electrons. The number of benzene rings is 1. The Kier molecular flexibility index (Phi) is 5.18. The second-order valence-electron chi connectivity index (χ2n) is 6.35. The van der Waals surface area contributed by atoms with E-state index in [2.05, 4.69) is 25.5 Å². The molecule has 0 saturated heterocycles. The fourth-order valence-corrected chi connectivity index (χ4v) is 2.64. The number of aromatic nitrogens is 6. The summed E-state index contributed by atoms with van der Waals surface area (Å²) in [5.74, 6) is -1.82. The van der Waals surface area contributed by atoms with Crippen LogP contribution in [0.5, 0.6) is 0 Å². The Balaban J connectivity index is 1.65. The first-order valence-electron chi connectivity index (χ1n) is 8.91. The number of hydrogen-bond acceptors (Lipinski definition) is 8. The van der Waals surface area contributed by atoms with E-state index < -0.39 is 23.0 Å². The summed E-state index contributed by atoms with van der Waals surface area (Å²) in [6, 6.07) is 8.44. The van der Waals surface area contributed by atoms with Gasteiger partial charge in [-0.1, -0.05) is 11.2 Å². The first-order chi connectivity index (χ1) is 14.9. The van der Waals surface area contributed by atoms with Crippen molar-refractivity contribution in [3.8, 4) is 17.2 Å². The van der Waals surface area contributed by atoms with Crippen LogP contribution >= 0.6 is 0 Å².